The van der Waals surface area contributed by atoms with Crippen molar-refractivity contribution in [3.8, 4) is 23.0 Å². The SMILES string of the molecule is COc1ccc(CC(=O)NCCOc2ccccc2F)c(OC)c1OC. The van der Waals surface area contributed by atoms with Crippen LogP contribution in [0.15, 0.2) is 36.4 Å². The largest absolute Gasteiger partial charge is 0.493 e. The third-order valence-electron chi connectivity index (χ3n) is 3.66. The zero-order chi connectivity index (χ0) is 18.9. The Bertz CT molecular complexity index is 751. The predicted molar refractivity (Wildman–Crippen MR) is 94.7 cm³/mol. The maximum Gasteiger partial charge on any atom is 0.224 e. The van der Waals surface area contributed by atoms with Crippen molar-refractivity contribution < 1.29 is 28.1 Å². The van der Waals surface area contributed by atoms with Gasteiger partial charge in [-0.05, 0) is 18.2 Å². The summed E-state index contributed by atoms with van der Waals surface area (Å²) in [7, 11) is 4.53. The summed E-state index contributed by atoms with van der Waals surface area (Å²) in [6.07, 6.45) is 0.100. The number of nitrogens with one attached hydrogen (secondary N) is 1. The Hall–Kier alpha value is -2.96. The number of halogens is 1. The average Bonchev–Trinajstić information content (AvgIpc) is 2.65. The van der Waals surface area contributed by atoms with Crippen LogP contribution in [0.5, 0.6) is 23.0 Å². The molecule has 0 fully saturated rings. The number of hydrogen-bond donors (Lipinski definition) is 1. The molecule has 1 N–H and O–H groups in total. The van der Waals surface area contributed by atoms with Crippen molar-refractivity contribution in [3.05, 3.63) is 47.8 Å². The lowest BCUT2D eigenvalue weighted by atomic mass is 10.1. The van der Waals surface area contributed by atoms with E-state index in [1.54, 1.807) is 24.3 Å². The van der Waals surface area contributed by atoms with Gasteiger partial charge in [-0.15, -0.1) is 0 Å². The standard InChI is InChI=1S/C19H22FNO5/c1-23-16-9-8-13(18(24-2)19(16)25-3)12-17(22)21-10-11-26-15-7-5-4-6-14(15)20/h4-9H,10-12H2,1-3H3,(H,21,22). The van der Waals surface area contributed by atoms with Crippen molar-refractivity contribution >= 4 is 5.91 Å². The van der Waals surface area contributed by atoms with E-state index in [1.165, 1.54) is 33.5 Å². The Kier molecular flexibility index (Phi) is 7.08. The van der Waals surface area contributed by atoms with E-state index in [4.69, 9.17) is 18.9 Å². The van der Waals surface area contributed by atoms with Crippen molar-refractivity contribution in [1.82, 2.24) is 5.32 Å². The van der Waals surface area contributed by atoms with E-state index in [0.29, 0.717) is 22.8 Å². The number of carbonyl (C=O) groups is 1. The van der Waals surface area contributed by atoms with Gasteiger partial charge in [-0.2, -0.15) is 0 Å². The first-order valence-corrected chi connectivity index (χ1v) is 8.02. The van der Waals surface area contributed by atoms with Crippen molar-refractivity contribution in [2.24, 2.45) is 0 Å². The summed E-state index contributed by atoms with van der Waals surface area (Å²) in [6.45, 7) is 0.415. The van der Waals surface area contributed by atoms with Gasteiger partial charge < -0.3 is 24.3 Å². The van der Waals surface area contributed by atoms with E-state index < -0.39 is 5.82 Å². The number of benzene rings is 2. The fourth-order valence-electron chi connectivity index (χ4n) is 2.45. The molecule has 0 heterocycles. The summed E-state index contributed by atoms with van der Waals surface area (Å²) < 4.78 is 34.6. The normalized spacial score (nSPS) is 10.2. The topological polar surface area (TPSA) is 66.0 Å². The molecule has 0 spiro atoms. The van der Waals surface area contributed by atoms with Crippen molar-refractivity contribution in [2.75, 3.05) is 34.5 Å². The molecule has 1 amide bonds. The van der Waals surface area contributed by atoms with E-state index in [2.05, 4.69) is 5.32 Å². The van der Waals surface area contributed by atoms with Gasteiger partial charge in [-0.3, -0.25) is 4.79 Å². The van der Waals surface area contributed by atoms with Crippen LogP contribution in [0.25, 0.3) is 0 Å². The highest BCUT2D eigenvalue weighted by atomic mass is 19.1. The lowest BCUT2D eigenvalue weighted by molar-refractivity contribution is -0.120. The third kappa shape index (κ3) is 4.78. The van der Waals surface area contributed by atoms with Gasteiger partial charge in [0.25, 0.3) is 0 Å². The molecule has 140 valence electrons. The number of rotatable bonds is 9. The lowest BCUT2D eigenvalue weighted by Crippen LogP contribution is -2.29. The van der Waals surface area contributed by atoms with Crippen LogP contribution >= 0.6 is 0 Å². The van der Waals surface area contributed by atoms with Crippen LogP contribution in [0, 0.1) is 5.82 Å². The van der Waals surface area contributed by atoms with E-state index >= 15 is 0 Å². The molecule has 2 aromatic rings. The highest BCUT2D eigenvalue weighted by Gasteiger charge is 2.17. The Morgan fingerprint density at radius 3 is 2.35 bits per heavy atom. The summed E-state index contributed by atoms with van der Waals surface area (Å²) in [6, 6.07) is 9.57. The molecule has 6 nitrogen and oxygen atoms in total. The van der Waals surface area contributed by atoms with Gasteiger partial charge in [0, 0.05) is 5.56 Å². The quantitative estimate of drug-likeness (QED) is 0.694. The van der Waals surface area contributed by atoms with E-state index in [-0.39, 0.29) is 31.2 Å². The van der Waals surface area contributed by atoms with Crippen LogP contribution in [-0.4, -0.2) is 40.4 Å². The summed E-state index contributed by atoms with van der Waals surface area (Å²) in [4.78, 5) is 12.1. The van der Waals surface area contributed by atoms with Gasteiger partial charge >= 0.3 is 0 Å². The number of carbonyl (C=O) groups excluding carboxylic acids is 1. The van der Waals surface area contributed by atoms with E-state index in [0.717, 1.165) is 0 Å². The molecule has 0 aliphatic carbocycles. The molecule has 26 heavy (non-hydrogen) atoms. The zero-order valence-electron chi connectivity index (χ0n) is 15.0. The Balaban J connectivity index is 1.90. The first-order chi connectivity index (χ1) is 12.6. The number of amides is 1. The summed E-state index contributed by atoms with van der Waals surface area (Å²) in [5.74, 6) is 0.907. The molecule has 0 saturated carbocycles. The molecule has 0 aromatic heterocycles. The molecular formula is C19H22FNO5. The van der Waals surface area contributed by atoms with Crippen LogP contribution in [0.4, 0.5) is 4.39 Å². The fourth-order valence-corrected chi connectivity index (χ4v) is 2.45. The highest BCUT2D eigenvalue weighted by Crippen LogP contribution is 2.39. The summed E-state index contributed by atoms with van der Waals surface area (Å²) in [5.41, 5.74) is 0.665. The van der Waals surface area contributed by atoms with Crippen LogP contribution in [0.1, 0.15) is 5.56 Å². The Morgan fingerprint density at radius 1 is 0.962 bits per heavy atom. The van der Waals surface area contributed by atoms with Crippen molar-refractivity contribution in [3.63, 3.8) is 0 Å². The molecule has 0 radical (unpaired) electrons. The lowest BCUT2D eigenvalue weighted by Gasteiger charge is -2.15. The minimum atomic E-state index is -0.436. The van der Waals surface area contributed by atoms with Crippen LogP contribution in [-0.2, 0) is 11.2 Å². The first kappa shape index (κ1) is 19.4. The maximum atomic E-state index is 13.4. The second-order valence-corrected chi connectivity index (χ2v) is 5.30. The molecule has 0 aliphatic heterocycles. The van der Waals surface area contributed by atoms with Crippen molar-refractivity contribution in [2.45, 2.75) is 6.42 Å². The van der Waals surface area contributed by atoms with Gasteiger partial charge in [0.1, 0.15) is 6.61 Å². The predicted octanol–water partition coefficient (Wildman–Crippen LogP) is 2.59. The molecule has 0 saturated heterocycles. The minimum Gasteiger partial charge on any atom is -0.493 e. The Labute approximate surface area is 151 Å². The first-order valence-electron chi connectivity index (χ1n) is 8.02. The molecule has 2 aromatic carbocycles. The van der Waals surface area contributed by atoms with Crippen molar-refractivity contribution in [1.29, 1.82) is 0 Å². The van der Waals surface area contributed by atoms with Gasteiger partial charge in [0.05, 0.1) is 34.3 Å². The second-order valence-electron chi connectivity index (χ2n) is 5.30. The molecule has 0 unspecified atom stereocenters. The summed E-state index contributed by atoms with van der Waals surface area (Å²) >= 11 is 0. The van der Waals surface area contributed by atoms with E-state index in [9.17, 15) is 9.18 Å². The number of para-hydroxylation sites is 1. The number of hydrogen-bond acceptors (Lipinski definition) is 5. The zero-order valence-corrected chi connectivity index (χ0v) is 15.0. The van der Waals surface area contributed by atoms with Gasteiger partial charge in [-0.25, -0.2) is 4.39 Å². The number of methoxy groups -OCH3 is 3. The fraction of sp³-hybridized carbons (Fsp3) is 0.316. The third-order valence-corrected chi connectivity index (χ3v) is 3.66. The molecule has 7 heteroatoms. The number of ether oxygens (including phenoxy) is 4. The monoisotopic (exact) mass is 363 g/mol. The van der Waals surface area contributed by atoms with E-state index in [1.807, 2.05) is 0 Å². The minimum absolute atomic E-state index is 0.100. The molecule has 0 atom stereocenters. The van der Waals surface area contributed by atoms with Gasteiger partial charge in [0.2, 0.25) is 11.7 Å². The molecular weight excluding hydrogens is 341 g/mol. The van der Waals surface area contributed by atoms with Crippen LogP contribution in [0.2, 0.25) is 0 Å². The van der Waals surface area contributed by atoms with Gasteiger partial charge in [0.15, 0.2) is 23.1 Å². The van der Waals surface area contributed by atoms with Crippen LogP contribution < -0.4 is 24.3 Å². The Morgan fingerprint density at radius 2 is 1.69 bits per heavy atom. The second kappa shape index (κ2) is 9.50. The highest BCUT2D eigenvalue weighted by molar-refractivity contribution is 5.80. The smallest absolute Gasteiger partial charge is 0.224 e. The average molecular weight is 363 g/mol. The van der Waals surface area contributed by atoms with Gasteiger partial charge in [-0.1, -0.05) is 18.2 Å². The maximum absolute atomic E-state index is 13.4. The molecule has 0 aliphatic rings. The summed E-state index contributed by atoms with van der Waals surface area (Å²) in [5, 5.41) is 2.72. The molecule has 0 bridgehead atoms. The molecule has 2 rings (SSSR count). The van der Waals surface area contributed by atoms with Crippen LogP contribution in [0.3, 0.4) is 0 Å².